The van der Waals surface area contributed by atoms with Gasteiger partial charge in [0.2, 0.25) is 0 Å². The molecule has 1 saturated heterocycles. The summed E-state index contributed by atoms with van der Waals surface area (Å²) < 4.78 is 21.9. The van der Waals surface area contributed by atoms with E-state index >= 15 is 0 Å². The third-order valence-corrected chi connectivity index (χ3v) is 12.4. The van der Waals surface area contributed by atoms with Gasteiger partial charge >= 0.3 is 0 Å². The number of rotatable bonds is 6. The van der Waals surface area contributed by atoms with Crippen LogP contribution >= 0.6 is 0 Å². The molecule has 4 heterocycles. The lowest BCUT2D eigenvalue weighted by Crippen LogP contribution is -2.31. The first-order chi connectivity index (χ1) is 23.1. The number of anilines is 1. The fourth-order valence-electron chi connectivity index (χ4n) is 9.82. The van der Waals surface area contributed by atoms with Gasteiger partial charge in [-0.25, -0.2) is 4.39 Å². The van der Waals surface area contributed by atoms with Gasteiger partial charge in [0.05, 0.1) is 6.04 Å². The monoisotopic (exact) mass is 630 g/mol. The Kier molecular flexibility index (Phi) is 7.68. The Morgan fingerprint density at radius 2 is 1.85 bits per heavy atom. The number of ether oxygens (including phenoxy) is 1. The molecule has 3 aliphatic carbocycles. The van der Waals surface area contributed by atoms with Gasteiger partial charge in [-0.15, -0.1) is 0 Å². The highest BCUT2D eigenvalue weighted by Gasteiger charge is 2.41. The van der Waals surface area contributed by atoms with E-state index in [1.165, 1.54) is 95.8 Å². The second kappa shape index (κ2) is 12.2. The first-order valence-electron chi connectivity index (χ1n) is 18.4. The molecule has 244 valence electrons. The van der Waals surface area contributed by atoms with Crippen LogP contribution in [0.3, 0.4) is 0 Å². The number of nitrogens with one attached hydrogen (secondary N) is 2. The van der Waals surface area contributed by atoms with Crippen molar-refractivity contribution >= 4 is 23.2 Å². The molecular formula is C41H47FN4O. The van der Waals surface area contributed by atoms with E-state index in [0.717, 1.165) is 68.1 Å². The van der Waals surface area contributed by atoms with Gasteiger partial charge in [0.15, 0.2) is 0 Å². The van der Waals surface area contributed by atoms with Gasteiger partial charge in [-0.2, -0.15) is 0 Å². The van der Waals surface area contributed by atoms with Gasteiger partial charge in [-0.1, -0.05) is 36.6 Å². The highest BCUT2D eigenvalue weighted by atomic mass is 19.1. The molecule has 5 unspecified atom stereocenters. The fraction of sp³-hybridized carbons (Fsp3) is 0.512. The Morgan fingerprint density at radius 3 is 2.70 bits per heavy atom. The van der Waals surface area contributed by atoms with Crippen molar-refractivity contribution in [3.63, 3.8) is 0 Å². The van der Waals surface area contributed by atoms with Gasteiger partial charge in [0, 0.05) is 54.1 Å². The first kappa shape index (κ1) is 29.6. The molecule has 2 aromatic rings. The smallest absolute Gasteiger partial charge is 0.133 e. The molecule has 2 aromatic carbocycles. The summed E-state index contributed by atoms with van der Waals surface area (Å²) in [7, 11) is 1.91. The van der Waals surface area contributed by atoms with Gasteiger partial charge in [-0.05, 0) is 135 Å². The van der Waals surface area contributed by atoms with Gasteiger partial charge in [0.25, 0.3) is 0 Å². The summed E-state index contributed by atoms with van der Waals surface area (Å²) in [6.45, 7) is 1.99. The molecule has 1 saturated carbocycles. The van der Waals surface area contributed by atoms with Crippen LogP contribution in [-0.2, 0) is 11.2 Å². The van der Waals surface area contributed by atoms with E-state index < -0.39 is 0 Å². The Bertz CT molecular complexity index is 1740. The van der Waals surface area contributed by atoms with E-state index in [1.807, 2.05) is 13.1 Å². The van der Waals surface area contributed by atoms with Crippen LogP contribution in [0.15, 0.2) is 74.9 Å². The Morgan fingerprint density at radius 1 is 0.936 bits per heavy atom. The van der Waals surface area contributed by atoms with E-state index in [0.29, 0.717) is 18.0 Å². The number of hydrogen-bond acceptors (Lipinski definition) is 5. The van der Waals surface area contributed by atoms with E-state index in [2.05, 4.69) is 41.0 Å². The number of aliphatic imine (C=N–C) groups is 2. The molecule has 0 bridgehead atoms. The van der Waals surface area contributed by atoms with E-state index in [9.17, 15) is 4.39 Å². The van der Waals surface area contributed by atoms with Gasteiger partial charge in [-0.3, -0.25) is 9.98 Å². The van der Waals surface area contributed by atoms with Crippen molar-refractivity contribution in [3.05, 3.63) is 93.0 Å². The zero-order valence-electron chi connectivity index (χ0n) is 27.7. The molecule has 47 heavy (non-hydrogen) atoms. The Labute approximate surface area is 278 Å². The predicted octanol–water partition coefficient (Wildman–Crippen LogP) is 8.52. The minimum atomic E-state index is -0.272. The van der Waals surface area contributed by atoms with Crippen molar-refractivity contribution in [2.45, 2.75) is 95.2 Å². The number of allylic oxidation sites excluding steroid dienone is 2. The zero-order chi connectivity index (χ0) is 31.5. The molecule has 0 spiro atoms. The van der Waals surface area contributed by atoms with Crippen molar-refractivity contribution in [2.75, 3.05) is 25.5 Å². The lowest BCUT2D eigenvalue weighted by atomic mass is 9.71. The maximum Gasteiger partial charge on any atom is 0.133 e. The van der Waals surface area contributed by atoms with Gasteiger partial charge < -0.3 is 15.4 Å². The largest absolute Gasteiger partial charge is 0.485 e. The molecule has 2 fully saturated rings. The topological polar surface area (TPSA) is 58.0 Å². The fourth-order valence-corrected chi connectivity index (χ4v) is 9.82. The van der Waals surface area contributed by atoms with Crippen LogP contribution in [0.5, 0.6) is 0 Å². The average Bonchev–Trinajstić information content (AvgIpc) is 3.94. The van der Waals surface area contributed by atoms with Crippen LogP contribution in [0, 0.1) is 23.6 Å². The lowest BCUT2D eigenvalue weighted by molar-refractivity contribution is 0.0687. The molecule has 4 aliphatic heterocycles. The maximum atomic E-state index is 14.8. The molecule has 0 aromatic heterocycles. The molecule has 0 amide bonds. The van der Waals surface area contributed by atoms with Crippen LogP contribution in [0.4, 0.5) is 10.1 Å². The number of nitrogens with zero attached hydrogens (tertiary/aromatic N) is 2. The molecule has 2 N–H and O–H groups in total. The third-order valence-electron chi connectivity index (χ3n) is 12.4. The van der Waals surface area contributed by atoms with Gasteiger partial charge in [0.1, 0.15) is 17.7 Å². The summed E-state index contributed by atoms with van der Waals surface area (Å²) in [5.74, 6) is 2.12. The van der Waals surface area contributed by atoms with E-state index in [4.69, 9.17) is 14.7 Å². The summed E-state index contributed by atoms with van der Waals surface area (Å²) in [5.41, 5.74) is 12.6. The highest BCUT2D eigenvalue weighted by molar-refractivity contribution is 6.02. The summed E-state index contributed by atoms with van der Waals surface area (Å²) in [6, 6.07) is 13.1. The number of halogens is 1. The average molecular weight is 631 g/mol. The lowest BCUT2D eigenvalue weighted by Gasteiger charge is -2.41. The van der Waals surface area contributed by atoms with Crippen molar-refractivity contribution in [3.8, 4) is 0 Å². The third kappa shape index (κ3) is 5.41. The molecule has 5 nitrogen and oxygen atoms in total. The van der Waals surface area contributed by atoms with Crippen LogP contribution in [0.2, 0.25) is 0 Å². The van der Waals surface area contributed by atoms with Crippen molar-refractivity contribution in [2.24, 2.45) is 27.7 Å². The Balaban J connectivity index is 1.07. The second-order valence-electron chi connectivity index (χ2n) is 15.0. The summed E-state index contributed by atoms with van der Waals surface area (Å²) in [4.78, 5) is 10.3. The molecule has 7 aliphatic rings. The normalized spacial score (nSPS) is 30.2. The molecule has 0 radical (unpaired) electrons. The minimum absolute atomic E-state index is 0.126. The maximum absolute atomic E-state index is 14.8. The molecular weight excluding hydrogens is 583 g/mol. The van der Waals surface area contributed by atoms with Crippen LogP contribution in [0.25, 0.3) is 6.08 Å². The van der Waals surface area contributed by atoms with E-state index in [-0.39, 0.29) is 17.8 Å². The standard InChI is InChI=1S/C41H47FN4O/c1-43-37-13-11-30(42)22-34(37)41-33-18-25-8-9-27(36-15-14-35(46-36)24-5-2-3-6-24)17-28(25)19-32(33)31-12-10-26(21-40(31)47-41)29-20-39(45-23-29)38-7-4-16-44-38/h8-9,11,13,17,19,21-22,24,29,33,35,38,41,43-44H,2-7,10,12,14-16,18,20,23H2,1H3. The number of fused-ring (bicyclic) bond motifs is 3. The van der Waals surface area contributed by atoms with Crippen LogP contribution in [0.1, 0.15) is 99.0 Å². The number of benzene rings is 2. The highest BCUT2D eigenvalue weighted by Crippen LogP contribution is 2.52. The van der Waals surface area contributed by atoms with Crippen LogP contribution in [-0.4, -0.2) is 43.6 Å². The molecule has 5 atom stereocenters. The quantitative estimate of drug-likeness (QED) is 0.337. The molecule has 6 heteroatoms. The minimum Gasteiger partial charge on any atom is -0.485 e. The number of hydrogen-bond donors (Lipinski definition) is 2. The van der Waals surface area contributed by atoms with E-state index in [1.54, 1.807) is 6.07 Å². The molecule has 9 rings (SSSR count). The Hall–Kier alpha value is -3.51. The summed E-state index contributed by atoms with van der Waals surface area (Å²) in [5, 5.41) is 6.97. The summed E-state index contributed by atoms with van der Waals surface area (Å²) in [6.07, 6.45) is 18.7. The SMILES string of the molecule is CNc1ccc(F)cc1C1OC2=C(CCC(C3CN=C(C4CCCN4)C3)=C2)C2=Cc3cc(C4=NC(C5CCCC5)CC4)ccc3CC21. The van der Waals surface area contributed by atoms with Crippen molar-refractivity contribution in [1.29, 1.82) is 0 Å². The second-order valence-corrected chi connectivity index (χ2v) is 15.0. The van der Waals surface area contributed by atoms with Crippen LogP contribution < -0.4 is 10.6 Å². The van der Waals surface area contributed by atoms with Crippen molar-refractivity contribution < 1.29 is 9.13 Å². The zero-order valence-corrected chi connectivity index (χ0v) is 27.7. The predicted molar refractivity (Wildman–Crippen MR) is 189 cm³/mol. The summed E-state index contributed by atoms with van der Waals surface area (Å²) >= 11 is 0. The van der Waals surface area contributed by atoms with Crippen molar-refractivity contribution in [1.82, 2.24) is 5.32 Å². The first-order valence-corrected chi connectivity index (χ1v) is 18.4.